The van der Waals surface area contributed by atoms with Crippen LogP contribution in [0.25, 0.3) is 0 Å². The molecule has 0 radical (unpaired) electrons. The highest BCUT2D eigenvalue weighted by atomic mass is 19.4. The highest BCUT2D eigenvalue weighted by Gasteiger charge is 2.30. The minimum Gasteiger partial charge on any atom is -0.341 e. The molecule has 1 aromatic rings. The molecule has 0 aromatic heterocycles. The second-order valence-corrected chi connectivity index (χ2v) is 5.22. The van der Waals surface area contributed by atoms with Crippen molar-refractivity contribution in [2.24, 2.45) is 11.7 Å². The van der Waals surface area contributed by atoms with Crippen molar-refractivity contribution in [1.82, 2.24) is 4.90 Å². The minimum absolute atomic E-state index is 0.0247. The Morgan fingerprint density at radius 2 is 1.86 bits per heavy atom. The topological polar surface area (TPSA) is 46.3 Å². The molecule has 6 heteroatoms. The molecule has 3 nitrogen and oxygen atoms in total. The van der Waals surface area contributed by atoms with E-state index in [0.29, 0.717) is 25.1 Å². The molecule has 0 fully saturated rings. The number of amides is 1. The first-order valence-corrected chi connectivity index (χ1v) is 6.87. The number of rotatable bonds is 6. The van der Waals surface area contributed by atoms with E-state index in [-0.39, 0.29) is 11.8 Å². The lowest BCUT2D eigenvalue weighted by Crippen LogP contribution is -2.31. The van der Waals surface area contributed by atoms with Gasteiger partial charge in [0.2, 0.25) is 5.91 Å². The Bertz CT molecular complexity index is 457. The van der Waals surface area contributed by atoms with Crippen molar-refractivity contribution in [3.8, 4) is 0 Å². The summed E-state index contributed by atoms with van der Waals surface area (Å²) in [4.78, 5) is 13.6. The number of carbonyl (C=O) groups excluding carboxylic acids is 1. The van der Waals surface area contributed by atoms with Crippen LogP contribution in [0.3, 0.4) is 0 Å². The highest BCUT2D eigenvalue weighted by Crippen LogP contribution is 2.29. The second kappa shape index (κ2) is 7.45. The lowest BCUT2D eigenvalue weighted by Gasteiger charge is -2.21. The van der Waals surface area contributed by atoms with Crippen LogP contribution >= 0.6 is 0 Å². The number of nitrogens with zero attached hydrogens (tertiary/aromatic N) is 1. The number of hydrogen-bond donors (Lipinski definition) is 1. The van der Waals surface area contributed by atoms with Crippen LogP contribution in [0, 0.1) is 5.92 Å². The molecular weight excluding hydrogens is 281 g/mol. The number of nitrogens with two attached hydrogens (primary N) is 1. The van der Waals surface area contributed by atoms with Gasteiger partial charge in [0.1, 0.15) is 0 Å². The van der Waals surface area contributed by atoms with E-state index < -0.39 is 11.7 Å². The molecule has 1 aromatic carbocycles. The van der Waals surface area contributed by atoms with Crippen molar-refractivity contribution >= 4 is 5.91 Å². The average Bonchev–Trinajstić information content (AvgIpc) is 2.43. The van der Waals surface area contributed by atoms with Gasteiger partial charge in [-0.25, -0.2) is 0 Å². The van der Waals surface area contributed by atoms with Gasteiger partial charge >= 0.3 is 6.18 Å². The lowest BCUT2D eigenvalue weighted by atomic mass is 10.0. The molecule has 0 heterocycles. The van der Waals surface area contributed by atoms with Crippen LogP contribution in [-0.4, -0.2) is 24.4 Å². The fourth-order valence-electron chi connectivity index (χ4n) is 2.07. The summed E-state index contributed by atoms with van der Waals surface area (Å²) in [5.74, 6) is -0.156. The summed E-state index contributed by atoms with van der Waals surface area (Å²) in [6.45, 7) is 2.67. The number of benzene rings is 1. The fraction of sp³-hybridized carbons (Fsp3) is 0.533. The van der Waals surface area contributed by atoms with Gasteiger partial charge in [0.25, 0.3) is 0 Å². The van der Waals surface area contributed by atoms with E-state index in [4.69, 9.17) is 5.73 Å². The van der Waals surface area contributed by atoms with E-state index in [0.717, 1.165) is 18.6 Å². The maximum absolute atomic E-state index is 12.5. The molecule has 1 rings (SSSR count). The van der Waals surface area contributed by atoms with Gasteiger partial charge < -0.3 is 10.6 Å². The van der Waals surface area contributed by atoms with Crippen molar-refractivity contribution in [3.05, 3.63) is 35.4 Å². The number of alkyl halides is 3. The van der Waals surface area contributed by atoms with Crippen molar-refractivity contribution < 1.29 is 18.0 Å². The predicted molar refractivity (Wildman–Crippen MR) is 75.4 cm³/mol. The molecule has 118 valence electrons. The Morgan fingerprint density at radius 3 is 2.33 bits per heavy atom. The molecule has 2 N–H and O–H groups in total. The van der Waals surface area contributed by atoms with E-state index in [2.05, 4.69) is 0 Å². The lowest BCUT2D eigenvalue weighted by molar-refractivity contribution is -0.137. The largest absolute Gasteiger partial charge is 0.416 e. The molecule has 0 aliphatic heterocycles. The first-order chi connectivity index (χ1) is 9.75. The molecular formula is C15H21F3N2O. The van der Waals surface area contributed by atoms with Crippen molar-refractivity contribution in [1.29, 1.82) is 0 Å². The SMILES string of the molecule is CC(CCCN)C(=O)N(C)Cc1ccc(C(F)(F)F)cc1. The third-order valence-electron chi connectivity index (χ3n) is 3.34. The summed E-state index contributed by atoms with van der Waals surface area (Å²) in [7, 11) is 1.65. The maximum Gasteiger partial charge on any atom is 0.416 e. The van der Waals surface area contributed by atoms with E-state index in [1.165, 1.54) is 17.0 Å². The van der Waals surface area contributed by atoms with E-state index in [1.807, 2.05) is 6.92 Å². The van der Waals surface area contributed by atoms with Crippen LogP contribution < -0.4 is 5.73 Å². The summed E-state index contributed by atoms with van der Waals surface area (Å²) in [6, 6.07) is 4.87. The Balaban J connectivity index is 2.62. The normalized spacial score (nSPS) is 13.0. The number of halogens is 3. The van der Waals surface area contributed by atoms with E-state index in [1.54, 1.807) is 7.05 Å². The number of hydrogen-bond acceptors (Lipinski definition) is 2. The highest BCUT2D eigenvalue weighted by molar-refractivity contribution is 5.78. The monoisotopic (exact) mass is 302 g/mol. The molecule has 0 saturated heterocycles. The zero-order valence-electron chi connectivity index (χ0n) is 12.3. The van der Waals surface area contributed by atoms with E-state index in [9.17, 15) is 18.0 Å². The zero-order chi connectivity index (χ0) is 16.0. The molecule has 0 bridgehead atoms. The molecule has 1 unspecified atom stereocenters. The van der Waals surface area contributed by atoms with Gasteiger partial charge in [0.15, 0.2) is 0 Å². The first kappa shape index (κ1) is 17.5. The van der Waals surface area contributed by atoms with Crippen LogP contribution in [0.5, 0.6) is 0 Å². The van der Waals surface area contributed by atoms with Gasteiger partial charge in [-0.3, -0.25) is 4.79 Å². The first-order valence-electron chi connectivity index (χ1n) is 6.87. The Labute approximate surface area is 122 Å². The Kier molecular flexibility index (Phi) is 6.20. The summed E-state index contributed by atoms with van der Waals surface area (Å²) >= 11 is 0. The molecule has 0 aliphatic carbocycles. The molecule has 1 amide bonds. The van der Waals surface area contributed by atoms with E-state index >= 15 is 0 Å². The number of carbonyl (C=O) groups is 1. The van der Waals surface area contributed by atoms with Crippen molar-refractivity contribution in [2.75, 3.05) is 13.6 Å². The molecule has 21 heavy (non-hydrogen) atoms. The minimum atomic E-state index is -4.34. The summed E-state index contributed by atoms with van der Waals surface area (Å²) in [6.07, 6.45) is -2.84. The van der Waals surface area contributed by atoms with Gasteiger partial charge in [-0.05, 0) is 37.1 Å². The van der Waals surface area contributed by atoms with Gasteiger partial charge in [-0.1, -0.05) is 19.1 Å². The smallest absolute Gasteiger partial charge is 0.341 e. The zero-order valence-corrected chi connectivity index (χ0v) is 12.3. The Hall–Kier alpha value is -1.56. The molecule has 1 atom stereocenters. The van der Waals surface area contributed by atoms with Crippen LogP contribution in [0.2, 0.25) is 0 Å². The van der Waals surface area contributed by atoms with Crippen LogP contribution in [0.4, 0.5) is 13.2 Å². The third-order valence-corrected chi connectivity index (χ3v) is 3.34. The predicted octanol–water partition coefficient (Wildman–Crippen LogP) is 3.04. The fourth-order valence-corrected chi connectivity index (χ4v) is 2.07. The molecule has 0 aliphatic rings. The maximum atomic E-state index is 12.5. The van der Waals surface area contributed by atoms with Gasteiger partial charge in [-0.2, -0.15) is 13.2 Å². The summed E-state index contributed by atoms with van der Waals surface area (Å²) in [5.41, 5.74) is 5.40. The van der Waals surface area contributed by atoms with Crippen LogP contribution in [-0.2, 0) is 17.5 Å². The van der Waals surface area contributed by atoms with Crippen molar-refractivity contribution in [2.45, 2.75) is 32.5 Å². The quantitative estimate of drug-likeness (QED) is 0.878. The van der Waals surface area contributed by atoms with Gasteiger partial charge in [-0.15, -0.1) is 0 Å². The van der Waals surface area contributed by atoms with Crippen LogP contribution in [0.15, 0.2) is 24.3 Å². The van der Waals surface area contributed by atoms with Gasteiger partial charge in [0, 0.05) is 19.5 Å². The standard InChI is InChI=1S/C15H21F3N2O/c1-11(4-3-9-19)14(21)20(2)10-12-5-7-13(8-6-12)15(16,17)18/h5-8,11H,3-4,9-10,19H2,1-2H3. The third kappa shape index (κ3) is 5.38. The summed E-state index contributed by atoms with van der Waals surface area (Å²) in [5, 5.41) is 0. The summed E-state index contributed by atoms with van der Waals surface area (Å²) < 4.78 is 37.4. The average molecular weight is 302 g/mol. The van der Waals surface area contributed by atoms with Gasteiger partial charge in [0.05, 0.1) is 5.56 Å². The van der Waals surface area contributed by atoms with Crippen LogP contribution in [0.1, 0.15) is 30.9 Å². The second-order valence-electron chi connectivity index (χ2n) is 5.22. The Morgan fingerprint density at radius 1 is 1.29 bits per heavy atom. The van der Waals surface area contributed by atoms with Crippen molar-refractivity contribution in [3.63, 3.8) is 0 Å². The molecule has 0 saturated carbocycles. The molecule has 0 spiro atoms.